The molecule has 0 heterocycles. The first-order valence-corrected chi connectivity index (χ1v) is 5.05. The normalized spacial score (nSPS) is 21.1. The van der Waals surface area contributed by atoms with E-state index in [9.17, 15) is 4.79 Å². The van der Waals surface area contributed by atoms with Gasteiger partial charge in [-0.1, -0.05) is 18.8 Å². The molecule has 14 heavy (non-hydrogen) atoms. The number of ether oxygens (including phenoxy) is 1. The molecule has 1 unspecified atom stereocenters. The zero-order valence-corrected chi connectivity index (χ0v) is 8.88. The maximum atomic E-state index is 11.2. The molecule has 0 aromatic rings. The standard InChI is InChI=1S/C11H17NO2/c1-12(11(13)14-2)10-8-6-4-3-5-7-9-10/h10H,3-6,8H2,1-2H3. The Morgan fingerprint density at radius 3 is 2.93 bits per heavy atom. The molecular formula is C11H17NO2. The topological polar surface area (TPSA) is 29.5 Å². The van der Waals surface area contributed by atoms with Crippen LogP contribution in [0.4, 0.5) is 4.79 Å². The molecule has 0 radical (unpaired) electrons. The Balaban J connectivity index is 2.59. The molecule has 1 amide bonds. The largest absolute Gasteiger partial charge is 0.453 e. The third kappa shape index (κ3) is 2.95. The molecule has 0 saturated heterocycles. The molecule has 0 spiro atoms. The van der Waals surface area contributed by atoms with E-state index in [0.29, 0.717) is 0 Å². The summed E-state index contributed by atoms with van der Waals surface area (Å²) in [4.78, 5) is 12.8. The van der Waals surface area contributed by atoms with E-state index in [1.54, 1.807) is 11.9 Å². The van der Waals surface area contributed by atoms with Gasteiger partial charge < -0.3 is 4.74 Å². The highest BCUT2D eigenvalue weighted by Crippen LogP contribution is 2.12. The van der Waals surface area contributed by atoms with Crippen LogP contribution in [-0.2, 0) is 4.74 Å². The summed E-state index contributed by atoms with van der Waals surface area (Å²) in [6.07, 6.45) is 5.14. The van der Waals surface area contributed by atoms with Gasteiger partial charge in [0.05, 0.1) is 13.2 Å². The number of carbonyl (C=O) groups excluding carboxylic acids is 1. The molecule has 0 N–H and O–H groups in total. The second kappa shape index (κ2) is 5.54. The van der Waals surface area contributed by atoms with E-state index in [0.717, 1.165) is 19.3 Å². The maximum absolute atomic E-state index is 11.2. The SMILES string of the molecule is COC(=O)N(C)C1C#CCCCCC1. The highest BCUT2D eigenvalue weighted by atomic mass is 16.5. The van der Waals surface area contributed by atoms with Crippen LogP contribution < -0.4 is 0 Å². The fourth-order valence-electron chi connectivity index (χ4n) is 1.55. The van der Waals surface area contributed by atoms with Crippen LogP contribution in [0.5, 0.6) is 0 Å². The van der Waals surface area contributed by atoms with Crippen LogP contribution in [0, 0.1) is 11.8 Å². The van der Waals surface area contributed by atoms with Crippen molar-refractivity contribution in [2.45, 2.75) is 38.1 Å². The number of carbonyl (C=O) groups is 1. The van der Waals surface area contributed by atoms with Crippen molar-refractivity contribution >= 4 is 6.09 Å². The van der Waals surface area contributed by atoms with Gasteiger partial charge in [-0.25, -0.2) is 4.79 Å². The molecular weight excluding hydrogens is 178 g/mol. The molecule has 3 nitrogen and oxygen atoms in total. The van der Waals surface area contributed by atoms with Crippen molar-refractivity contribution in [3.8, 4) is 11.8 Å². The van der Waals surface area contributed by atoms with Crippen molar-refractivity contribution in [1.82, 2.24) is 4.90 Å². The van der Waals surface area contributed by atoms with Gasteiger partial charge in [0.15, 0.2) is 0 Å². The minimum absolute atomic E-state index is 0.0303. The van der Waals surface area contributed by atoms with Crippen molar-refractivity contribution in [3.63, 3.8) is 0 Å². The third-order valence-electron chi connectivity index (χ3n) is 2.48. The predicted octanol–water partition coefficient (Wildman–Crippen LogP) is 2.02. The van der Waals surface area contributed by atoms with E-state index in [1.807, 2.05) is 0 Å². The van der Waals surface area contributed by atoms with Crippen molar-refractivity contribution in [2.24, 2.45) is 0 Å². The maximum Gasteiger partial charge on any atom is 0.410 e. The van der Waals surface area contributed by atoms with Gasteiger partial charge in [0.1, 0.15) is 0 Å². The minimum Gasteiger partial charge on any atom is -0.453 e. The second-order valence-corrected chi connectivity index (χ2v) is 3.52. The van der Waals surface area contributed by atoms with Gasteiger partial charge in [0.2, 0.25) is 0 Å². The zero-order valence-electron chi connectivity index (χ0n) is 8.88. The Kier molecular flexibility index (Phi) is 4.31. The molecule has 1 aliphatic rings. The zero-order chi connectivity index (χ0) is 10.4. The quantitative estimate of drug-likeness (QED) is 0.599. The van der Waals surface area contributed by atoms with Gasteiger partial charge in [-0.15, -0.1) is 5.92 Å². The van der Waals surface area contributed by atoms with Gasteiger partial charge in [0.25, 0.3) is 0 Å². The number of rotatable bonds is 1. The lowest BCUT2D eigenvalue weighted by atomic mass is 10.0. The third-order valence-corrected chi connectivity index (χ3v) is 2.48. The fraction of sp³-hybridized carbons (Fsp3) is 0.727. The number of methoxy groups -OCH3 is 1. The van der Waals surface area contributed by atoms with Crippen LogP contribution in [0.1, 0.15) is 32.1 Å². The Morgan fingerprint density at radius 1 is 1.43 bits per heavy atom. The van der Waals surface area contributed by atoms with Crippen molar-refractivity contribution in [1.29, 1.82) is 0 Å². The fourth-order valence-corrected chi connectivity index (χ4v) is 1.55. The first-order chi connectivity index (χ1) is 6.75. The van der Waals surface area contributed by atoms with E-state index in [1.165, 1.54) is 20.0 Å². The molecule has 3 heteroatoms. The van der Waals surface area contributed by atoms with Crippen molar-refractivity contribution in [3.05, 3.63) is 0 Å². The van der Waals surface area contributed by atoms with Crippen LogP contribution in [-0.4, -0.2) is 31.2 Å². The second-order valence-electron chi connectivity index (χ2n) is 3.52. The predicted molar refractivity (Wildman–Crippen MR) is 54.8 cm³/mol. The van der Waals surface area contributed by atoms with Crippen LogP contribution in [0.25, 0.3) is 0 Å². The van der Waals surface area contributed by atoms with Crippen molar-refractivity contribution < 1.29 is 9.53 Å². The van der Waals surface area contributed by atoms with E-state index in [4.69, 9.17) is 0 Å². The van der Waals surface area contributed by atoms with Gasteiger partial charge in [-0.2, -0.15) is 0 Å². The minimum atomic E-state index is -0.301. The lowest BCUT2D eigenvalue weighted by Crippen LogP contribution is -2.36. The molecule has 0 aromatic carbocycles. The number of nitrogens with zero attached hydrogens (tertiary/aromatic N) is 1. The molecule has 1 rings (SSSR count). The summed E-state index contributed by atoms with van der Waals surface area (Å²) in [5.41, 5.74) is 0. The number of hydrogen-bond donors (Lipinski definition) is 0. The van der Waals surface area contributed by atoms with Crippen LogP contribution >= 0.6 is 0 Å². The van der Waals surface area contributed by atoms with E-state index in [-0.39, 0.29) is 12.1 Å². The lowest BCUT2D eigenvalue weighted by Gasteiger charge is -2.23. The molecule has 1 aliphatic carbocycles. The van der Waals surface area contributed by atoms with E-state index < -0.39 is 0 Å². The summed E-state index contributed by atoms with van der Waals surface area (Å²) in [6, 6.07) is 0.0303. The summed E-state index contributed by atoms with van der Waals surface area (Å²) < 4.78 is 4.66. The Morgan fingerprint density at radius 2 is 2.21 bits per heavy atom. The van der Waals surface area contributed by atoms with Crippen LogP contribution in [0.15, 0.2) is 0 Å². The molecule has 0 bridgehead atoms. The molecule has 0 aromatic heterocycles. The van der Waals surface area contributed by atoms with Crippen LogP contribution in [0.2, 0.25) is 0 Å². The summed E-state index contributed by atoms with van der Waals surface area (Å²) in [6.45, 7) is 0. The van der Waals surface area contributed by atoms with Gasteiger partial charge in [0, 0.05) is 13.5 Å². The molecule has 0 fully saturated rings. The Hall–Kier alpha value is -1.17. The highest BCUT2D eigenvalue weighted by molar-refractivity contribution is 5.68. The number of hydrogen-bond acceptors (Lipinski definition) is 2. The summed E-state index contributed by atoms with van der Waals surface area (Å²) >= 11 is 0. The monoisotopic (exact) mass is 195 g/mol. The smallest absolute Gasteiger partial charge is 0.410 e. The molecule has 0 aliphatic heterocycles. The molecule has 1 atom stereocenters. The van der Waals surface area contributed by atoms with E-state index >= 15 is 0 Å². The van der Waals surface area contributed by atoms with Crippen molar-refractivity contribution in [2.75, 3.05) is 14.2 Å². The Bertz CT molecular complexity index is 252. The summed E-state index contributed by atoms with van der Waals surface area (Å²) in [5.74, 6) is 6.21. The number of amides is 1. The summed E-state index contributed by atoms with van der Waals surface area (Å²) in [7, 11) is 3.14. The molecule has 78 valence electrons. The summed E-state index contributed by atoms with van der Waals surface area (Å²) in [5, 5.41) is 0. The molecule has 0 saturated carbocycles. The highest BCUT2D eigenvalue weighted by Gasteiger charge is 2.18. The van der Waals surface area contributed by atoms with Gasteiger partial charge in [-0.3, -0.25) is 4.90 Å². The Labute approximate surface area is 85.4 Å². The van der Waals surface area contributed by atoms with Crippen LogP contribution in [0.3, 0.4) is 0 Å². The average molecular weight is 195 g/mol. The first-order valence-electron chi connectivity index (χ1n) is 5.05. The first kappa shape index (κ1) is 10.9. The average Bonchev–Trinajstić information content (AvgIpc) is 2.15. The van der Waals surface area contributed by atoms with Gasteiger partial charge in [-0.05, 0) is 12.8 Å². The van der Waals surface area contributed by atoms with Gasteiger partial charge >= 0.3 is 6.09 Å². The van der Waals surface area contributed by atoms with E-state index in [2.05, 4.69) is 16.6 Å². The lowest BCUT2D eigenvalue weighted by molar-refractivity contribution is 0.124.